The number of methoxy groups -OCH3 is 3. The minimum absolute atomic E-state index is 0.00785. The molecule has 0 spiro atoms. The molecule has 0 bridgehead atoms. The van der Waals surface area contributed by atoms with Crippen LogP contribution < -0.4 is 34.4 Å². The van der Waals surface area contributed by atoms with Gasteiger partial charge in [-0.15, -0.1) is 0 Å². The van der Waals surface area contributed by atoms with Gasteiger partial charge >= 0.3 is 42.0 Å². The molecule has 12 aromatic rings. The molecule has 12 rings (SSSR count). The number of pyridine rings is 6. The van der Waals surface area contributed by atoms with Gasteiger partial charge in [0.15, 0.2) is 69.1 Å². The zero-order valence-corrected chi connectivity index (χ0v) is 74.8. The molecule has 0 radical (unpaired) electrons. The quantitative estimate of drug-likeness (QED) is 0.0137. The first-order chi connectivity index (χ1) is 58.9. The van der Waals surface area contributed by atoms with E-state index in [2.05, 4.69) is 98.6 Å². The molecule has 0 amide bonds. The van der Waals surface area contributed by atoms with Crippen LogP contribution >= 0.6 is 147 Å². The maximum atomic E-state index is 14.2. The Hall–Kier alpha value is -11.4. The predicted molar refractivity (Wildman–Crippen MR) is 464 cm³/mol. The molecule has 0 saturated carbocycles. The second-order valence-corrected chi connectivity index (χ2v) is 30.8. The zero-order chi connectivity index (χ0) is 94.6. The highest BCUT2D eigenvalue weighted by Crippen LogP contribution is 2.42. The van der Waals surface area contributed by atoms with E-state index >= 15 is 0 Å². The molecule has 0 atom stereocenters. The van der Waals surface area contributed by atoms with E-state index < -0.39 is 188 Å². The number of nitrogen functional groups attached to an aromatic ring is 6. The van der Waals surface area contributed by atoms with Crippen LogP contribution in [-0.4, -0.2) is 102 Å². The zero-order valence-electron chi connectivity index (χ0n) is 62.8. The molecule has 0 aliphatic rings. The summed E-state index contributed by atoms with van der Waals surface area (Å²) in [5, 5.41) is 34.0. The molecule has 6 aromatic carbocycles. The summed E-state index contributed by atoms with van der Waals surface area (Å²) in [6.07, 6.45) is -4.84. The van der Waals surface area contributed by atoms with Crippen molar-refractivity contribution in [2.45, 2.75) is 13.1 Å². The number of hydrogen-bond acceptors (Lipinski definition) is 22. The first kappa shape index (κ1) is 102. The molecule has 0 aliphatic carbocycles. The lowest BCUT2D eigenvalue weighted by molar-refractivity contribution is -0.140. The Morgan fingerprint density at radius 3 is 1.30 bits per heavy atom. The monoisotopic (exact) mass is 2220 g/mol. The maximum absolute atomic E-state index is 14.2. The standard InChI is InChI=1S/C14H9ClF4N2O2.C14H7ClF3N3O2.C13H9ClFIN2O2.C13H10ClIN2O2.C12H5BrClF3N2O2.C12H6BrClF2N2O2/c1-5-10(20)9(15)12(13(22)23)21-11(5)6-2-3-7(8(16)4-6)14(17,18)19;1-23-14(22)13-7(15)11(20)10(18)12(21-13)6-3-2-5(4-19)8(16)9(6)17;1-20-13(19)12-11(14)9(17)5-10(18-12)7-3-2-6(16)4-8(7)15;1-19-13(18)12-11(14)9(16)6-10(17-12)7-2-4-8(15)5-3-7;13-3-1-4(15)7(10(17)9(3)16)6-2-5(18)8(14)11(19-6)12(20)21;13-4-1-2-5(6(15)3-4)10-8(16)9(17)7(14)11(18-10)12(19)20/h2-4H,1H3,(H2,20,21)(H,22,23);2-3H,1H3,(H2,20,21);2-5H,1H3,(H2,17,18);2-6H,1H3,(H2,16,17);1-2H,(H2,18,19)(H,20,21);1-3H,(H2,17,18)(H,19,20). The highest BCUT2D eigenvalue weighted by Gasteiger charge is 2.35. The van der Waals surface area contributed by atoms with Crippen molar-refractivity contribution in [3.63, 3.8) is 0 Å². The second-order valence-electron chi connectivity index (χ2n) is 24.2. The Balaban J connectivity index is 0.000000208. The summed E-state index contributed by atoms with van der Waals surface area (Å²) in [7, 11) is 3.50. The van der Waals surface area contributed by atoms with E-state index in [0.29, 0.717) is 34.1 Å². The number of carboxylic acids is 3. The van der Waals surface area contributed by atoms with E-state index in [1.807, 2.05) is 46.9 Å². The fourth-order valence-corrected chi connectivity index (χ4v) is 12.8. The lowest BCUT2D eigenvalue weighted by atomic mass is 10.0. The molecule has 656 valence electrons. The van der Waals surface area contributed by atoms with Crippen molar-refractivity contribution in [1.82, 2.24) is 29.9 Å². The van der Waals surface area contributed by atoms with Crippen LogP contribution in [0.25, 0.3) is 67.5 Å². The summed E-state index contributed by atoms with van der Waals surface area (Å²) >= 11 is 44.5. The number of hydrogen-bond donors (Lipinski definition) is 9. The highest BCUT2D eigenvalue weighted by atomic mass is 127. The molecule has 48 heteroatoms. The van der Waals surface area contributed by atoms with Crippen molar-refractivity contribution in [1.29, 1.82) is 5.26 Å². The van der Waals surface area contributed by atoms with Gasteiger partial charge in [0.2, 0.25) is 0 Å². The number of carboxylic acid groups (broad SMARTS) is 3. The number of ether oxygens (including phenoxy) is 3. The largest absolute Gasteiger partial charge is 0.476 e. The third-order valence-corrected chi connectivity index (χ3v) is 21.1. The van der Waals surface area contributed by atoms with Crippen LogP contribution in [0.15, 0.2) is 124 Å². The van der Waals surface area contributed by atoms with Crippen LogP contribution in [0.1, 0.15) is 79.6 Å². The van der Waals surface area contributed by atoms with Gasteiger partial charge in [-0.3, -0.25) is 0 Å². The van der Waals surface area contributed by atoms with E-state index in [-0.39, 0.29) is 82.2 Å². The van der Waals surface area contributed by atoms with Crippen molar-refractivity contribution in [2.75, 3.05) is 55.7 Å². The van der Waals surface area contributed by atoms with Crippen molar-refractivity contribution in [2.24, 2.45) is 0 Å². The second kappa shape index (κ2) is 43.2. The normalized spacial score (nSPS) is 10.7. The van der Waals surface area contributed by atoms with Gasteiger partial charge in [-0.2, -0.15) is 18.4 Å². The molecule has 6 heterocycles. The van der Waals surface area contributed by atoms with Crippen LogP contribution in [0.5, 0.6) is 0 Å². The minimum Gasteiger partial charge on any atom is -0.476 e. The molecule has 126 heavy (non-hydrogen) atoms. The fourth-order valence-electron chi connectivity index (χ4n) is 10.1. The van der Waals surface area contributed by atoms with E-state index in [9.17, 15) is 85.8 Å². The molecular formula is C78H46Br2Cl6F13I2N13O12. The third-order valence-electron chi connectivity index (χ3n) is 16.3. The van der Waals surface area contributed by atoms with Gasteiger partial charge < -0.3 is 63.9 Å². The van der Waals surface area contributed by atoms with Crippen molar-refractivity contribution >= 4 is 217 Å². The van der Waals surface area contributed by atoms with Crippen LogP contribution in [0.4, 0.5) is 91.2 Å². The number of benzene rings is 6. The number of carbonyl (C=O) groups is 6. The lowest BCUT2D eigenvalue weighted by Gasteiger charge is -2.13. The number of rotatable bonds is 12. The first-order valence-corrected chi connectivity index (χ1v) is 39.2. The molecular weight excluding hydrogens is 2180 g/mol. The van der Waals surface area contributed by atoms with Crippen molar-refractivity contribution < 1.29 is 115 Å². The SMILES string of the molecule is COC(=O)c1nc(-c2ccc(C#N)c(F)c2F)c(F)c(N)c1Cl.COC(=O)c1nc(-c2ccc(I)cc2)cc(N)c1Cl.COC(=O)c1nc(-c2ccc(I)cc2F)cc(N)c1Cl.Cc1c(-c2ccc(C(F)(F)F)c(F)c2)nc(C(=O)O)c(Cl)c1N.Nc1c(F)c(-c2ccc(Br)cc2F)nc(C(=O)O)c1Cl.Nc1cc(-c2c(F)cc(Br)c(F)c2F)nc(C(=O)O)c1Cl. The number of alkyl halides is 3. The summed E-state index contributed by atoms with van der Waals surface area (Å²) in [5.74, 6) is -18.8. The van der Waals surface area contributed by atoms with Crippen molar-refractivity contribution in [3.05, 3.63) is 271 Å². The van der Waals surface area contributed by atoms with Crippen LogP contribution in [0, 0.1) is 83.6 Å². The Bertz CT molecular complexity index is 6470. The molecule has 25 nitrogen and oxygen atoms in total. The number of anilines is 6. The average molecular weight is 2230 g/mol. The van der Waals surface area contributed by atoms with Gasteiger partial charge in [0.05, 0.1) is 130 Å². The number of nitrogens with zero attached hydrogens (tertiary/aromatic N) is 7. The van der Waals surface area contributed by atoms with E-state index in [1.165, 1.54) is 51.5 Å². The Labute approximate surface area is 773 Å². The molecule has 6 aromatic heterocycles. The number of aromatic nitrogens is 6. The number of carbonyl (C=O) groups excluding carboxylic acids is 3. The summed E-state index contributed by atoms with van der Waals surface area (Å²) in [6, 6.07) is 26.4. The molecule has 0 saturated heterocycles. The van der Waals surface area contributed by atoms with Crippen LogP contribution in [-0.2, 0) is 20.4 Å². The Morgan fingerprint density at radius 2 is 0.817 bits per heavy atom. The number of nitriles is 1. The number of halogens is 23. The summed E-state index contributed by atoms with van der Waals surface area (Å²) in [4.78, 5) is 90.5. The molecule has 15 N–H and O–H groups in total. The average Bonchev–Trinajstić information content (AvgIpc) is 0.790. The van der Waals surface area contributed by atoms with E-state index in [1.54, 1.807) is 18.2 Å². The highest BCUT2D eigenvalue weighted by molar-refractivity contribution is 14.1. The van der Waals surface area contributed by atoms with Gasteiger partial charge in [0.1, 0.15) is 40.7 Å². The number of esters is 3. The first-order valence-electron chi connectivity index (χ1n) is 33.2. The molecule has 0 unspecified atom stereocenters. The topological polar surface area (TPSA) is 448 Å². The molecule has 0 aliphatic heterocycles. The van der Waals surface area contributed by atoms with Gasteiger partial charge in [-0.1, -0.05) is 104 Å². The van der Waals surface area contributed by atoms with Gasteiger partial charge in [-0.05, 0) is 171 Å². The van der Waals surface area contributed by atoms with Gasteiger partial charge in [0.25, 0.3) is 0 Å². The lowest BCUT2D eigenvalue weighted by Crippen LogP contribution is -2.11. The Morgan fingerprint density at radius 1 is 0.413 bits per heavy atom. The third kappa shape index (κ3) is 23.4. The smallest absolute Gasteiger partial charge is 0.419 e. The number of nitrogens with two attached hydrogens (primary N) is 6. The molecule has 0 fully saturated rings. The van der Waals surface area contributed by atoms with Gasteiger partial charge in [0, 0.05) is 39.4 Å². The summed E-state index contributed by atoms with van der Waals surface area (Å²) < 4.78 is 192. The van der Waals surface area contributed by atoms with E-state index in [0.717, 1.165) is 50.1 Å². The van der Waals surface area contributed by atoms with Gasteiger partial charge in [-0.25, -0.2) is 103 Å². The summed E-state index contributed by atoms with van der Waals surface area (Å²) in [5.41, 5.74) is 26.5. The Kier molecular flexibility index (Phi) is 34.8. The minimum atomic E-state index is -4.84. The van der Waals surface area contributed by atoms with Crippen LogP contribution in [0.3, 0.4) is 0 Å². The van der Waals surface area contributed by atoms with E-state index in [4.69, 9.17) is 125 Å². The predicted octanol–water partition coefficient (Wildman–Crippen LogP) is 21.7. The maximum Gasteiger partial charge on any atom is 0.419 e. The number of aromatic carboxylic acids is 3. The fraction of sp³-hybridized carbons (Fsp3) is 0.0641. The summed E-state index contributed by atoms with van der Waals surface area (Å²) in [6.45, 7) is 1.45. The van der Waals surface area contributed by atoms with Crippen molar-refractivity contribution in [3.8, 4) is 73.6 Å². The van der Waals surface area contributed by atoms with Crippen LogP contribution in [0.2, 0.25) is 30.1 Å².